The van der Waals surface area contributed by atoms with Crippen LogP contribution in [0, 0.1) is 5.82 Å². The Morgan fingerprint density at radius 1 is 1.14 bits per heavy atom. The Labute approximate surface area is 127 Å². The van der Waals surface area contributed by atoms with Crippen molar-refractivity contribution in [2.45, 2.75) is 0 Å². The van der Waals surface area contributed by atoms with Crippen molar-refractivity contribution in [1.29, 1.82) is 0 Å². The van der Waals surface area contributed by atoms with Gasteiger partial charge in [0.1, 0.15) is 5.82 Å². The molecular formula is C15H8BrFN2O2. The number of carboxylic acid groups (broad SMARTS) is 1. The molecule has 0 spiro atoms. The molecule has 6 heteroatoms. The van der Waals surface area contributed by atoms with Crippen LogP contribution in [0.25, 0.3) is 22.3 Å². The van der Waals surface area contributed by atoms with Crippen LogP contribution in [-0.2, 0) is 0 Å². The van der Waals surface area contributed by atoms with Crippen molar-refractivity contribution in [2.75, 3.05) is 0 Å². The average Bonchev–Trinajstić information content (AvgIpc) is 2.45. The van der Waals surface area contributed by atoms with Gasteiger partial charge in [-0.2, -0.15) is 0 Å². The molecule has 0 fully saturated rings. The van der Waals surface area contributed by atoms with E-state index in [-0.39, 0.29) is 17.0 Å². The number of rotatable bonds is 2. The molecule has 0 aliphatic heterocycles. The van der Waals surface area contributed by atoms with E-state index in [1.807, 2.05) is 6.07 Å². The fourth-order valence-electron chi connectivity index (χ4n) is 2.02. The van der Waals surface area contributed by atoms with Crippen LogP contribution in [-0.4, -0.2) is 21.0 Å². The van der Waals surface area contributed by atoms with Crippen molar-refractivity contribution >= 4 is 32.8 Å². The van der Waals surface area contributed by atoms with Crippen molar-refractivity contribution in [1.82, 2.24) is 9.97 Å². The van der Waals surface area contributed by atoms with Gasteiger partial charge in [-0.3, -0.25) is 0 Å². The molecule has 21 heavy (non-hydrogen) atoms. The number of hydrogen-bond acceptors (Lipinski definition) is 3. The van der Waals surface area contributed by atoms with Gasteiger partial charge in [0, 0.05) is 21.5 Å². The smallest absolute Gasteiger partial charge is 0.355 e. The number of hydrogen-bond donors (Lipinski definition) is 1. The van der Waals surface area contributed by atoms with Crippen molar-refractivity contribution < 1.29 is 14.3 Å². The molecule has 0 aliphatic rings. The first-order valence-corrected chi connectivity index (χ1v) is 6.80. The maximum atomic E-state index is 13.4. The highest BCUT2D eigenvalue weighted by atomic mass is 79.9. The molecule has 3 rings (SSSR count). The molecular weight excluding hydrogens is 339 g/mol. The third-order valence-corrected chi connectivity index (χ3v) is 3.44. The number of aromatic carboxylic acids is 1. The Bertz CT molecular complexity index is 867. The molecule has 4 nitrogen and oxygen atoms in total. The van der Waals surface area contributed by atoms with Gasteiger partial charge in [0.25, 0.3) is 0 Å². The van der Waals surface area contributed by atoms with E-state index in [1.54, 1.807) is 18.2 Å². The van der Waals surface area contributed by atoms with E-state index < -0.39 is 11.8 Å². The minimum atomic E-state index is -1.18. The number of aromatic nitrogens is 2. The summed E-state index contributed by atoms with van der Waals surface area (Å²) in [5.41, 5.74) is 0.769. The predicted molar refractivity (Wildman–Crippen MR) is 79.6 cm³/mol. The lowest BCUT2D eigenvalue weighted by molar-refractivity contribution is 0.0693. The highest BCUT2D eigenvalue weighted by Crippen LogP contribution is 2.24. The summed E-state index contributed by atoms with van der Waals surface area (Å²) in [5.74, 6) is -1.41. The van der Waals surface area contributed by atoms with Gasteiger partial charge in [0.15, 0.2) is 11.5 Å². The molecule has 1 heterocycles. The molecule has 0 saturated carbocycles. The first-order chi connectivity index (χ1) is 10.0. The van der Waals surface area contributed by atoms with Gasteiger partial charge in [-0.1, -0.05) is 28.1 Å². The topological polar surface area (TPSA) is 63.1 Å². The second kappa shape index (κ2) is 5.21. The first kappa shape index (κ1) is 13.6. The van der Waals surface area contributed by atoms with Crippen LogP contribution in [0.5, 0.6) is 0 Å². The molecule has 0 atom stereocenters. The Morgan fingerprint density at radius 3 is 2.67 bits per heavy atom. The molecule has 1 N–H and O–H groups in total. The zero-order valence-corrected chi connectivity index (χ0v) is 12.1. The largest absolute Gasteiger partial charge is 0.476 e. The normalized spacial score (nSPS) is 10.8. The zero-order valence-electron chi connectivity index (χ0n) is 10.5. The Kier molecular flexibility index (Phi) is 3.39. The number of carboxylic acids is 1. The summed E-state index contributed by atoms with van der Waals surface area (Å²) in [5, 5.41) is 9.59. The van der Waals surface area contributed by atoms with Crippen LogP contribution in [0.4, 0.5) is 4.39 Å². The fourth-order valence-corrected chi connectivity index (χ4v) is 2.42. The third kappa shape index (κ3) is 2.62. The monoisotopic (exact) mass is 346 g/mol. The van der Waals surface area contributed by atoms with E-state index >= 15 is 0 Å². The van der Waals surface area contributed by atoms with Crippen LogP contribution < -0.4 is 0 Å². The second-order valence-electron chi connectivity index (χ2n) is 4.37. The summed E-state index contributed by atoms with van der Waals surface area (Å²) in [6.45, 7) is 0. The average molecular weight is 347 g/mol. The SMILES string of the molecule is O=C(O)c1nc(-c2cccc(Br)c2)nc2cc(F)ccc12. The van der Waals surface area contributed by atoms with Gasteiger partial charge in [0.2, 0.25) is 0 Å². The van der Waals surface area contributed by atoms with Crippen LogP contribution >= 0.6 is 15.9 Å². The molecule has 0 unspecified atom stereocenters. The molecule has 1 aromatic heterocycles. The van der Waals surface area contributed by atoms with Gasteiger partial charge in [0.05, 0.1) is 5.52 Å². The summed E-state index contributed by atoms with van der Waals surface area (Å²) in [6, 6.07) is 10.9. The van der Waals surface area contributed by atoms with Crippen LogP contribution in [0.3, 0.4) is 0 Å². The molecule has 0 amide bonds. The highest BCUT2D eigenvalue weighted by molar-refractivity contribution is 9.10. The Hall–Kier alpha value is -2.34. The minimum Gasteiger partial charge on any atom is -0.476 e. The maximum Gasteiger partial charge on any atom is 0.355 e. The lowest BCUT2D eigenvalue weighted by atomic mass is 10.1. The van der Waals surface area contributed by atoms with E-state index in [9.17, 15) is 14.3 Å². The summed E-state index contributed by atoms with van der Waals surface area (Å²) >= 11 is 3.34. The lowest BCUT2D eigenvalue weighted by Crippen LogP contribution is -2.05. The molecule has 3 aromatic rings. The van der Waals surface area contributed by atoms with Gasteiger partial charge in [-0.25, -0.2) is 19.2 Å². The molecule has 0 saturated heterocycles. The van der Waals surface area contributed by atoms with E-state index in [4.69, 9.17) is 0 Å². The summed E-state index contributed by atoms with van der Waals surface area (Å²) in [6.07, 6.45) is 0. The Balaban J connectivity index is 2.32. The molecule has 0 radical (unpaired) electrons. The quantitative estimate of drug-likeness (QED) is 0.764. The first-order valence-electron chi connectivity index (χ1n) is 6.01. The van der Waals surface area contributed by atoms with Crippen molar-refractivity contribution in [3.8, 4) is 11.4 Å². The van der Waals surface area contributed by atoms with Crippen molar-refractivity contribution in [3.63, 3.8) is 0 Å². The minimum absolute atomic E-state index is 0.144. The second-order valence-corrected chi connectivity index (χ2v) is 5.29. The van der Waals surface area contributed by atoms with E-state index in [0.717, 1.165) is 4.47 Å². The summed E-state index contributed by atoms with van der Waals surface area (Å²) in [7, 11) is 0. The van der Waals surface area contributed by atoms with Gasteiger partial charge in [-0.05, 0) is 24.3 Å². The third-order valence-electron chi connectivity index (χ3n) is 2.94. The number of benzene rings is 2. The van der Waals surface area contributed by atoms with Gasteiger partial charge >= 0.3 is 5.97 Å². The number of nitrogens with zero attached hydrogens (tertiary/aromatic N) is 2. The van der Waals surface area contributed by atoms with Crippen LogP contribution in [0.1, 0.15) is 10.5 Å². The van der Waals surface area contributed by atoms with Crippen LogP contribution in [0.2, 0.25) is 0 Å². The van der Waals surface area contributed by atoms with Crippen molar-refractivity contribution in [2.24, 2.45) is 0 Å². The van der Waals surface area contributed by atoms with Gasteiger partial charge < -0.3 is 5.11 Å². The summed E-state index contributed by atoms with van der Waals surface area (Å²) < 4.78 is 14.2. The fraction of sp³-hybridized carbons (Fsp3) is 0. The van der Waals surface area contributed by atoms with Crippen molar-refractivity contribution in [3.05, 3.63) is 58.4 Å². The number of halogens is 2. The summed E-state index contributed by atoms with van der Waals surface area (Å²) in [4.78, 5) is 19.7. The van der Waals surface area contributed by atoms with E-state index in [0.29, 0.717) is 10.9 Å². The van der Waals surface area contributed by atoms with E-state index in [1.165, 1.54) is 18.2 Å². The Morgan fingerprint density at radius 2 is 1.95 bits per heavy atom. The van der Waals surface area contributed by atoms with Crippen LogP contribution in [0.15, 0.2) is 46.9 Å². The predicted octanol–water partition coefficient (Wildman–Crippen LogP) is 3.90. The molecule has 0 aliphatic carbocycles. The van der Waals surface area contributed by atoms with Gasteiger partial charge in [-0.15, -0.1) is 0 Å². The lowest BCUT2D eigenvalue weighted by Gasteiger charge is -2.06. The maximum absolute atomic E-state index is 13.4. The molecule has 104 valence electrons. The number of fused-ring (bicyclic) bond motifs is 1. The zero-order chi connectivity index (χ0) is 15.0. The van der Waals surface area contributed by atoms with E-state index in [2.05, 4.69) is 25.9 Å². The molecule has 0 bridgehead atoms. The molecule has 2 aromatic carbocycles. The number of carbonyl (C=O) groups is 1. The standard InChI is InChI=1S/C15H8BrFN2O2/c16-9-3-1-2-8(6-9)14-18-12-7-10(17)4-5-11(12)13(19-14)15(20)21/h1-7H,(H,20,21). The highest BCUT2D eigenvalue weighted by Gasteiger charge is 2.15.